The Morgan fingerprint density at radius 1 is 1.33 bits per heavy atom. The zero-order valence-corrected chi connectivity index (χ0v) is 13.9. The monoisotopic (exact) mass is 335 g/mol. The molecule has 0 unspecified atom stereocenters. The van der Waals surface area contributed by atoms with E-state index >= 15 is 0 Å². The molecule has 2 aromatic rings. The maximum Gasteiger partial charge on any atom is 0.290 e. The maximum absolute atomic E-state index is 12.8. The lowest BCUT2D eigenvalue weighted by Crippen LogP contribution is -2.56. The molecule has 1 aliphatic heterocycles. The molecule has 1 aromatic heterocycles. The Morgan fingerprint density at radius 3 is 2.79 bits per heavy atom. The van der Waals surface area contributed by atoms with E-state index in [1.165, 1.54) is 4.90 Å². The summed E-state index contributed by atoms with van der Waals surface area (Å²) < 4.78 is 16.1. The topological polar surface area (TPSA) is 92.4 Å². The molecule has 130 valence electrons. The van der Waals surface area contributed by atoms with Crippen LogP contribution >= 0.6 is 0 Å². The average Bonchev–Trinajstić information content (AvgIpc) is 2.92. The minimum Gasteiger partial charge on any atom is -0.497 e. The molecule has 0 radical (unpaired) electrons. The maximum atomic E-state index is 12.8. The van der Waals surface area contributed by atoms with Gasteiger partial charge in [-0.3, -0.25) is 4.79 Å². The molecule has 7 nitrogen and oxygen atoms in total. The number of aliphatic hydroxyl groups excluding tert-OH is 2. The molecule has 24 heavy (non-hydrogen) atoms. The number of carbonyl (C=O) groups excluding carboxylic acids is 1. The van der Waals surface area contributed by atoms with Crippen LogP contribution < -0.4 is 4.74 Å². The highest BCUT2D eigenvalue weighted by Gasteiger charge is 2.37. The van der Waals surface area contributed by atoms with Gasteiger partial charge in [-0.2, -0.15) is 0 Å². The number of rotatable bonds is 3. The smallest absolute Gasteiger partial charge is 0.290 e. The van der Waals surface area contributed by atoms with Gasteiger partial charge in [-0.25, -0.2) is 0 Å². The van der Waals surface area contributed by atoms with Crippen LogP contribution in [0.4, 0.5) is 0 Å². The van der Waals surface area contributed by atoms with Crippen molar-refractivity contribution in [2.45, 2.75) is 25.2 Å². The van der Waals surface area contributed by atoms with Crippen molar-refractivity contribution in [1.29, 1.82) is 0 Å². The van der Waals surface area contributed by atoms with E-state index in [0.29, 0.717) is 16.9 Å². The molecule has 1 aliphatic rings. The summed E-state index contributed by atoms with van der Waals surface area (Å²) in [6.45, 7) is 2.02. The standard InChI is InChI=1S/C17H21NO6/c1-9-11-6-10(22-3)4-5-14(11)24-16(9)17(21)18(2)12-7-23-8-13(19)15(12)20/h4-6,12-13,15,19-20H,7-8H2,1-3H3/t12-,13-,15+/m1/s1. The third-order valence-electron chi connectivity index (χ3n) is 4.52. The van der Waals surface area contributed by atoms with Crippen LogP contribution in [0.2, 0.25) is 0 Å². The Bertz CT molecular complexity index is 755. The quantitative estimate of drug-likeness (QED) is 0.867. The van der Waals surface area contributed by atoms with Crippen molar-refractivity contribution in [3.63, 3.8) is 0 Å². The van der Waals surface area contributed by atoms with Crippen molar-refractivity contribution in [2.75, 3.05) is 27.4 Å². The summed E-state index contributed by atoms with van der Waals surface area (Å²) in [6, 6.07) is 4.69. The van der Waals surface area contributed by atoms with Gasteiger partial charge < -0.3 is 29.0 Å². The fraction of sp³-hybridized carbons (Fsp3) is 0.471. The van der Waals surface area contributed by atoms with E-state index in [1.807, 2.05) is 6.07 Å². The Hall–Kier alpha value is -2.09. The second-order valence-electron chi connectivity index (χ2n) is 6.00. The van der Waals surface area contributed by atoms with Gasteiger partial charge in [0.1, 0.15) is 23.5 Å². The predicted molar refractivity (Wildman–Crippen MR) is 86.2 cm³/mol. The Kier molecular flexibility index (Phi) is 4.49. The number of ether oxygens (including phenoxy) is 2. The normalized spacial score (nSPS) is 24.1. The van der Waals surface area contributed by atoms with E-state index in [0.717, 1.165) is 5.39 Å². The van der Waals surface area contributed by atoms with E-state index < -0.39 is 18.2 Å². The highest BCUT2D eigenvalue weighted by Crippen LogP contribution is 2.30. The number of furan rings is 1. The highest BCUT2D eigenvalue weighted by molar-refractivity contribution is 5.99. The van der Waals surface area contributed by atoms with Gasteiger partial charge in [-0.1, -0.05) is 0 Å². The van der Waals surface area contributed by atoms with Gasteiger partial charge in [0.2, 0.25) is 0 Å². The van der Waals surface area contributed by atoms with Crippen LogP contribution in [0, 0.1) is 6.92 Å². The van der Waals surface area contributed by atoms with Crippen LogP contribution in [0.1, 0.15) is 16.1 Å². The first-order valence-electron chi connectivity index (χ1n) is 7.72. The van der Waals surface area contributed by atoms with E-state index in [-0.39, 0.29) is 24.9 Å². The molecule has 1 fully saturated rings. The molecule has 1 aromatic carbocycles. The third kappa shape index (κ3) is 2.75. The van der Waals surface area contributed by atoms with Gasteiger partial charge in [-0.15, -0.1) is 0 Å². The predicted octanol–water partition coefficient (Wildman–Crippen LogP) is 0.942. The summed E-state index contributed by atoms with van der Waals surface area (Å²) in [5.74, 6) is 0.510. The van der Waals surface area contributed by atoms with Gasteiger partial charge in [0.15, 0.2) is 5.76 Å². The van der Waals surface area contributed by atoms with Crippen LogP contribution in [0.5, 0.6) is 5.75 Å². The first kappa shape index (κ1) is 16.8. The Morgan fingerprint density at radius 2 is 2.08 bits per heavy atom. The minimum absolute atomic E-state index is 0.0587. The number of nitrogens with zero attached hydrogens (tertiary/aromatic N) is 1. The lowest BCUT2D eigenvalue weighted by molar-refractivity contribution is -0.122. The molecule has 1 amide bonds. The number of methoxy groups -OCH3 is 1. The summed E-state index contributed by atoms with van der Waals surface area (Å²) in [5, 5.41) is 20.6. The van der Waals surface area contributed by atoms with Crippen LogP contribution in [0.3, 0.4) is 0 Å². The van der Waals surface area contributed by atoms with Gasteiger partial charge in [-0.05, 0) is 25.1 Å². The molecule has 7 heteroatoms. The number of fused-ring (bicyclic) bond motifs is 1. The van der Waals surface area contributed by atoms with Crippen molar-refractivity contribution in [3.05, 3.63) is 29.5 Å². The molecule has 0 spiro atoms. The molecular formula is C17H21NO6. The van der Waals surface area contributed by atoms with Crippen LogP contribution in [-0.2, 0) is 4.74 Å². The Labute approximate surface area is 139 Å². The molecule has 0 bridgehead atoms. The van der Waals surface area contributed by atoms with Crippen molar-refractivity contribution >= 4 is 16.9 Å². The molecular weight excluding hydrogens is 314 g/mol. The molecule has 2 N–H and O–H groups in total. The number of aliphatic hydroxyl groups is 2. The summed E-state index contributed by atoms with van der Waals surface area (Å²) in [6.07, 6.45) is -2.07. The average molecular weight is 335 g/mol. The summed E-state index contributed by atoms with van der Waals surface area (Å²) in [7, 11) is 3.14. The molecule has 0 aliphatic carbocycles. The zero-order valence-electron chi connectivity index (χ0n) is 13.9. The SMILES string of the molecule is COc1ccc2oc(C(=O)N(C)[C@@H]3COC[C@@H](O)[C@H]3O)c(C)c2c1. The molecule has 3 atom stereocenters. The number of hydrogen-bond acceptors (Lipinski definition) is 6. The number of aryl methyl sites for hydroxylation is 1. The molecule has 2 heterocycles. The van der Waals surface area contributed by atoms with Crippen molar-refractivity contribution in [3.8, 4) is 5.75 Å². The van der Waals surface area contributed by atoms with E-state index in [1.54, 1.807) is 33.2 Å². The third-order valence-corrected chi connectivity index (χ3v) is 4.52. The fourth-order valence-electron chi connectivity index (χ4n) is 2.95. The number of amides is 1. The lowest BCUT2D eigenvalue weighted by Gasteiger charge is -2.37. The number of benzene rings is 1. The van der Waals surface area contributed by atoms with Gasteiger partial charge >= 0.3 is 0 Å². The van der Waals surface area contributed by atoms with Crippen molar-refractivity contribution in [1.82, 2.24) is 4.90 Å². The Balaban J connectivity index is 1.91. The van der Waals surface area contributed by atoms with Crippen molar-refractivity contribution < 1.29 is 28.9 Å². The first-order valence-corrected chi connectivity index (χ1v) is 7.72. The summed E-state index contributed by atoms with van der Waals surface area (Å²) >= 11 is 0. The highest BCUT2D eigenvalue weighted by atomic mass is 16.5. The summed E-state index contributed by atoms with van der Waals surface area (Å²) in [4.78, 5) is 14.1. The van der Waals surface area contributed by atoms with Crippen molar-refractivity contribution in [2.24, 2.45) is 0 Å². The van der Waals surface area contributed by atoms with Gasteiger partial charge in [0.05, 0.1) is 26.4 Å². The van der Waals surface area contributed by atoms with Gasteiger partial charge in [0.25, 0.3) is 5.91 Å². The second-order valence-corrected chi connectivity index (χ2v) is 6.00. The second kappa shape index (κ2) is 6.43. The number of carbonyl (C=O) groups is 1. The minimum atomic E-state index is -1.06. The van der Waals surface area contributed by atoms with E-state index in [4.69, 9.17) is 13.9 Å². The van der Waals surface area contributed by atoms with E-state index in [9.17, 15) is 15.0 Å². The zero-order chi connectivity index (χ0) is 17.4. The summed E-state index contributed by atoms with van der Waals surface area (Å²) in [5.41, 5.74) is 1.29. The largest absolute Gasteiger partial charge is 0.497 e. The fourth-order valence-corrected chi connectivity index (χ4v) is 2.95. The van der Waals surface area contributed by atoms with Crippen LogP contribution in [-0.4, -0.2) is 66.6 Å². The number of likely N-dealkylation sites (N-methyl/N-ethyl adjacent to an activating group) is 1. The first-order chi connectivity index (χ1) is 11.4. The van der Waals surface area contributed by atoms with E-state index in [2.05, 4.69) is 0 Å². The van der Waals surface area contributed by atoms with Crippen LogP contribution in [0.25, 0.3) is 11.0 Å². The lowest BCUT2D eigenvalue weighted by atomic mass is 10.0. The molecule has 3 rings (SSSR count). The van der Waals surface area contributed by atoms with Gasteiger partial charge in [0, 0.05) is 18.0 Å². The number of hydrogen-bond donors (Lipinski definition) is 2. The molecule has 0 saturated carbocycles. The van der Waals surface area contributed by atoms with Crippen LogP contribution in [0.15, 0.2) is 22.6 Å². The molecule has 1 saturated heterocycles.